The summed E-state index contributed by atoms with van der Waals surface area (Å²) in [6.45, 7) is 1.86. The molecule has 4 rings (SSSR count). The van der Waals surface area contributed by atoms with E-state index in [1.807, 2.05) is 25.2 Å². The van der Waals surface area contributed by atoms with Gasteiger partial charge in [-0.1, -0.05) is 18.2 Å². The number of alkyl halides is 3. The zero-order chi connectivity index (χ0) is 19.2. The van der Waals surface area contributed by atoms with Crippen LogP contribution in [0.15, 0.2) is 42.7 Å². The lowest BCUT2D eigenvalue weighted by Gasteiger charge is -2.07. The average molecular weight is 375 g/mol. The van der Waals surface area contributed by atoms with Crippen LogP contribution in [0.3, 0.4) is 0 Å². The molecule has 0 saturated carbocycles. The standard InChI is InChI=1S/C19H16F3N3O2/c1-24-7-13-3-2-12(6-15(13)8-24)11-27-18(26)14-4-5-17-23-16(19(20,21)22)10-25(17)9-14/h2-6,9-10H,7-8,11H2,1H3. The van der Waals surface area contributed by atoms with E-state index in [1.54, 1.807) is 0 Å². The van der Waals surface area contributed by atoms with Crippen molar-refractivity contribution in [3.63, 3.8) is 0 Å². The van der Waals surface area contributed by atoms with Gasteiger partial charge in [0.1, 0.15) is 12.3 Å². The van der Waals surface area contributed by atoms with Crippen LogP contribution in [0.4, 0.5) is 13.2 Å². The number of hydrogen-bond acceptors (Lipinski definition) is 4. The van der Waals surface area contributed by atoms with Gasteiger partial charge in [-0.25, -0.2) is 9.78 Å². The number of esters is 1. The molecule has 1 aromatic carbocycles. The van der Waals surface area contributed by atoms with Crippen molar-refractivity contribution in [2.45, 2.75) is 25.9 Å². The molecule has 0 aliphatic carbocycles. The Morgan fingerprint density at radius 1 is 1.15 bits per heavy atom. The van der Waals surface area contributed by atoms with Crippen molar-refractivity contribution in [1.82, 2.24) is 14.3 Å². The molecule has 3 aromatic rings. The molecule has 1 aliphatic rings. The Bertz CT molecular complexity index is 1030. The summed E-state index contributed by atoms with van der Waals surface area (Å²) in [5.74, 6) is -0.600. The second-order valence-electron chi connectivity index (χ2n) is 6.66. The summed E-state index contributed by atoms with van der Waals surface area (Å²) in [5.41, 5.74) is 2.62. The number of carbonyl (C=O) groups is 1. The zero-order valence-electron chi connectivity index (χ0n) is 14.5. The predicted molar refractivity (Wildman–Crippen MR) is 90.9 cm³/mol. The summed E-state index contributed by atoms with van der Waals surface area (Å²) < 4.78 is 44.7. The number of ether oxygens (including phenoxy) is 1. The quantitative estimate of drug-likeness (QED) is 0.656. The van der Waals surface area contributed by atoms with E-state index in [1.165, 1.54) is 33.9 Å². The zero-order valence-corrected chi connectivity index (χ0v) is 14.5. The summed E-state index contributed by atoms with van der Waals surface area (Å²) in [7, 11) is 2.04. The SMILES string of the molecule is CN1Cc2ccc(COC(=O)c3ccc4nc(C(F)(F)F)cn4c3)cc2C1. The Kier molecular flexibility index (Phi) is 4.15. The Morgan fingerprint density at radius 2 is 1.93 bits per heavy atom. The maximum absolute atomic E-state index is 12.7. The number of carbonyl (C=O) groups excluding carboxylic acids is 1. The van der Waals surface area contributed by atoms with Crippen LogP contribution in [-0.2, 0) is 30.6 Å². The highest BCUT2D eigenvalue weighted by atomic mass is 19.4. The normalized spacial score (nSPS) is 14.5. The number of aromatic nitrogens is 2. The minimum Gasteiger partial charge on any atom is -0.457 e. The van der Waals surface area contributed by atoms with Gasteiger partial charge in [0.2, 0.25) is 0 Å². The van der Waals surface area contributed by atoms with Crippen LogP contribution >= 0.6 is 0 Å². The minimum atomic E-state index is -4.53. The summed E-state index contributed by atoms with van der Waals surface area (Å²) in [6, 6.07) is 8.72. The predicted octanol–water partition coefficient (Wildman–Crippen LogP) is 3.66. The molecule has 5 nitrogen and oxygen atoms in total. The molecule has 0 fully saturated rings. The summed E-state index contributed by atoms with van der Waals surface area (Å²) in [4.78, 5) is 18.0. The Hall–Kier alpha value is -2.87. The lowest BCUT2D eigenvalue weighted by molar-refractivity contribution is -0.140. The largest absolute Gasteiger partial charge is 0.457 e. The van der Waals surface area contributed by atoms with Crippen LogP contribution in [0.2, 0.25) is 0 Å². The van der Waals surface area contributed by atoms with Gasteiger partial charge in [0.15, 0.2) is 5.69 Å². The van der Waals surface area contributed by atoms with Crippen molar-refractivity contribution in [2.24, 2.45) is 0 Å². The van der Waals surface area contributed by atoms with Crippen LogP contribution in [0.5, 0.6) is 0 Å². The fraction of sp³-hybridized carbons (Fsp3) is 0.263. The van der Waals surface area contributed by atoms with E-state index in [4.69, 9.17) is 4.74 Å². The molecule has 0 bridgehead atoms. The molecule has 0 spiro atoms. The third-order valence-corrected chi connectivity index (χ3v) is 4.50. The molecule has 0 unspecified atom stereocenters. The van der Waals surface area contributed by atoms with Crippen molar-refractivity contribution >= 4 is 11.6 Å². The third-order valence-electron chi connectivity index (χ3n) is 4.50. The number of rotatable bonds is 3. The van der Waals surface area contributed by atoms with Gasteiger partial charge < -0.3 is 9.14 Å². The first-order chi connectivity index (χ1) is 12.8. The number of hydrogen-bond donors (Lipinski definition) is 0. The number of fused-ring (bicyclic) bond motifs is 2. The molecule has 3 heterocycles. The molecule has 0 saturated heterocycles. The van der Waals surface area contributed by atoms with Crippen LogP contribution in [0.25, 0.3) is 5.65 Å². The monoisotopic (exact) mass is 375 g/mol. The summed E-state index contributed by atoms with van der Waals surface area (Å²) >= 11 is 0. The smallest absolute Gasteiger partial charge is 0.434 e. The van der Waals surface area contributed by atoms with Gasteiger partial charge in [-0.15, -0.1) is 0 Å². The highest BCUT2D eigenvalue weighted by Gasteiger charge is 2.34. The van der Waals surface area contributed by atoms with Gasteiger partial charge in [-0.3, -0.25) is 4.90 Å². The second-order valence-corrected chi connectivity index (χ2v) is 6.66. The molecule has 0 amide bonds. The average Bonchev–Trinajstić information content (AvgIpc) is 3.20. The topological polar surface area (TPSA) is 46.8 Å². The molecule has 0 radical (unpaired) electrons. The van der Waals surface area contributed by atoms with E-state index < -0.39 is 17.8 Å². The second kappa shape index (κ2) is 6.38. The van der Waals surface area contributed by atoms with E-state index in [0.717, 1.165) is 24.8 Å². The molecule has 27 heavy (non-hydrogen) atoms. The molecule has 0 atom stereocenters. The van der Waals surface area contributed by atoms with Crippen LogP contribution in [0, 0.1) is 0 Å². The number of pyridine rings is 1. The first-order valence-corrected chi connectivity index (χ1v) is 8.32. The molecular weight excluding hydrogens is 359 g/mol. The van der Waals surface area contributed by atoms with Crippen molar-refractivity contribution in [1.29, 1.82) is 0 Å². The van der Waals surface area contributed by atoms with Crippen LogP contribution in [-0.4, -0.2) is 27.3 Å². The van der Waals surface area contributed by atoms with Crippen molar-refractivity contribution in [2.75, 3.05) is 7.05 Å². The third kappa shape index (κ3) is 3.52. The fourth-order valence-electron chi connectivity index (χ4n) is 3.19. The van der Waals surface area contributed by atoms with Gasteiger partial charge in [0.25, 0.3) is 0 Å². The van der Waals surface area contributed by atoms with Gasteiger partial charge >= 0.3 is 12.1 Å². The van der Waals surface area contributed by atoms with E-state index in [-0.39, 0.29) is 17.8 Å². The van der Waals surface area contributed by atoms with Crippen molar-refractivity contribution in [3.8, 4) is 0 Å². The van der Waals surface area contributed by atoms with E-state index in [0.29, 0.717) is 0 Å². The molecule has 1 aliphatic heterocycles. The first kappa shape index (κ1) is 17.5. The fourth-order valence-corrected chi connectivity index (χ4v) is 3.19. The highest BCUT2D eigenvalue weighted by Crippen LogP contribution is 2.28. The van der Waals surface area contributed by atoms with Gasteiger partial charge in [-0.2, -0.15) is 13.2 Å². The summed E-state index contributed by atoms with van der Waals surface area (Å²) in [5, 5.41) is 0. The molecular formula is C19H16F3N3O2. The highest BCUT2D eigenvalue weighted by molar-refractivity contribution is 5.89. The van der Waals surface area contributed by atoms with Gasteiger partial charge in [0.05, 0.1) is 5.56 Å². The van der Waals surface area contributed by atoms with Crippen molar-refractivity contribution < 1.29 is 22.7 Å². The Morgan fingerprint density at radius 3 is 2.70 bits per heavy atom. The number of benzene rings is 1. The summed E-state index contributed by atoms with van der Waals surface area (Å²) in [6.07, 6.45) is -2.39. The maximum Gasteiger partial charge on any atom is 0.434 e. The first-order valence-electron chi connectivity index (χ1n) is 8.32. The lowest BCUT2D eigenvalue weighted by atomic mass is 10.1. The van der Waals surface area contributed by atoms with Gasteiger partial charge in [0, 0.05) is 25.5 Å². The Balaban J connectivity index is 1.47. The Labute approximate surface area is 153 Å². The van der Waals surface area contributed by atoms with Crippen LogP contribution in [0.1, 0.15) is 32.7 Å². The lowest BCUT2D eigenvalue weighted by Crippen LogP contribution is -2.07. The van der Waals surface area contributed by atoms with E-state index in [2.05, 4.69) is 9.88 Å². The number of nitrogens with zero attached hydrogens (tertiary/aromatic N) is 3. The maximum atomic E-state index is 12.7. The van der Waals surface area contributed by atoms with E-state index in [9.17, 15) is 18.0 Å². The van der Waals surface area contributed by atoms with Gasteiger partial charge in [-0.05, 0) is 35.9 Å². The molecule has 0 N–H and O–H groups in total. The molecule has 140 valence electrons. The molecule has 2 aromatic heterocycles. The van der Waals surface area contributed by atoms with Crippen molar-refractivity contribution in [3.05, 3.63) is 70.7 Å². The number of imidazole rings is 1. The van der Waals surface area contributed by atoms with E-state index >= 15 is 0 Å². The van der Waals surface area contributed by atoms with Crippen LogP contribution < -0.4 is 0 Å². The number of halogens is 3. The minimum absolute atomic E-state index is 0.103. The molecule has 8 heteroatoms.